The van der Waals surface area contributed by atoms with E-state index in [2.05, 4.69) is 0 Å². The fourth-order valence-corrected chi connectivity index (χ4v) is 3.33. The summed E-state index contributed by atoms with van der Waals surface area (Å²) in [6.07, 6.45) is -32.3. The molecule has 0 saturated carbocycles. The zero-order valence-corrected chi connectivity index (χ0v) is 17.4. The van der Waals surface area contributed by atoms with Gasteiger partial charge in [0.05, 0.1) is 11.1 Å². The van der Waals surface area contributed by atoms with Crippen molar-refractivity contribution in [2.75, 3.05) is 0 Å². The highest BCUT2D eigenvalue weighted by Crippen LogP contribution is 2.54. The van der Waals surface area contributed by atoms with Crippen LogP contribution in [0.15, 0.2) is 11.9 Å². The first-order valence-electron chi connectivity index (χ1n) is 8.97. The van der Waals surface area contributed by atoms with Crippen LogP contribution in [0.5, 0.6) is 0 Å². The Bertz CT molecular complexity index is 1270. The first-order chi connectivity index (χ1) is 17.7. The summed E-state index contributed by atoms with van der Waals surface area (Å²) in [7, 11) is 0. The summed E-state index contributed by atoms with van der Waals surface area (Å²) in [5.41, 5.74) is -24.4. The number of hydrogen-bond donors (Lipinski definition) is 0. The molecule has 0 heterocycles. The van der Waals surface area contributed by atoms with E-state index in [0.29, 0.717) is 0 Å². The Balaban J connectivity index is 3.56. The minimum Gasteiger partial charge on any atom is -0.204 e. The van der Waals surface area contributed by atoms with Gasteiger partial charge in [0, 0.05) is 11.1 Å². The SMILES string of the molecule is FC(F)=C(F)[C](c1c(F)c(F)c(F)c(C(F)(F)F)c1C(F)(F)F)c1c(F)c(F)c(F)c(C(F)(F)F)c1C(F)(F)F. The summed E-state index contributed by atoms with van der Waals surface area (Å²) in [5, 5.41) is 0. The molecule has 40 heavy (non-hydrogen) atoms. The van der Waals surface area contributed by atoms with Crippen LogP contribution < -0.4 is 0 Å². The maximum absolute atomic E-state index is 14.5. The molecule has 0 bridgehead atoms. The Hall–Kier alpha value is -3.29. The normalized spacial score (nSPS) is 13.3. The quantitative estimate of drug-likeness (QED) is 0.235. The Morgan fingerprint density at radius 2 is 0.600 bits per heavy atom. The lowest BCUT2D eigenvalue weighted by Gasteiger charge is -2.28. The Labute approximate surface area is 204 Å². The van der Waals surface area contributed by atoms with E-state index >= 15 is 0 Å². The van der Waals surface area contributed by atoms with E-state index in [9.17, 15) is 92.2 Å². The minimum absolute atomic E-state index is 3.83. The molecule has 0 aliphatic carbocycles. The van der Waals surface area contributed by atoms with Crippen LogP contribution in [-0.4, -0.2) is 0 Å². The van der Waals surface area contributed by atoms with Crippen molar-refractivity contribution in [3.05, 3.63) is 86.1 Å². The average Bonchev–Trinajstić information content (AvgIpc) is 2.74. The molecule has 0 unspecified atom stereocenters. The number of benzene rings is 2. The molecular weight excluding hydrogens is 627 g/mol. The van der Waals surface area contributed by atoms with Crippen LogP contribution in [0.2, 0.25) is 0 Å². The van der Waals surface area contributed by atoms with E-state index in [4.69, 9.17) is 0 Å². The highest BCUT2D eigenvalue weighted by molar-refractivity contribution is 5.65. The summed E-state index contributed by atoms with van der Waals surface area (Å²) in [6, 6.07) is 0. The molecule has 0 spiro atoms. The molecule has 0 amide bonds. The fraction of sp³-hybridized carbons (Fsp3) is 0.211. The molecule has 2 aromatic carbocycles. The second kappa shape index (κ2) is 9.96. The lowest BCUT2D eigenvalue weighted by Crippen LogP contribution is -2.29. The van der Waals surface area contributed by atoms with E-state index in [1.165, 1.54) is 0 Å². The molecule has 0 saturated heterocycles. The smallest absolute Gasteiger partial charge is 0.204 e. The average molecular weight is 627 g/mol. The number of alkyl halides is 12. The Morgan fingerprint density at radius 3 is 0.800 bits per heavy atom. The van der Waals surface area contributed by atoms with Crippen molar-refractivity contribution in [1.82, 2.24) is 0 Å². The van der Waals surface area contributed by atoms with Gasteiger partial charge in [-0.1, -0.05) is 0 Å². The van der Waals surface area contributed by atoms with Gasteiger partial charge >= 0.3 is 30.8 Å². The van der Waals surface area contributed by atoms with Crippen LogP contribution in [0.1, 0.15) is 33.4 Å². The molecule has 0 aliphatic rings. The van der Waals surface area contributed by atoms with Gasteiger partial charge in [-0.15, -0.1) is 0 Å². The third-order valence-corrected chi connectivity index (χ3v) is 4.67. The van der Waals surface area contributed by atoms with Crippen LogP contribution in [0.25, 0.3) is 0 Å². The van der Waals surface area contributed by atoms with Crippen molar-refractivity contribution in [1.29, 1.82) is 0 Å². The molecular formula is C19F21. The number of allylic oxidation sites excluding steroid dienone is 1. The van der Waals surface area contributed by atoms with Crippen LogP contribution >= 0.6 is 0 Å². The molecule has 223 valence electrons. The summed E-state index contributed by atoms with van der Waals surface area (Å²) < 4.78 is 286. The van der Waals surface area contributed by atoms with Crippen LogP contribution in [-0.2, 0) is 24.7 Å². The molecule has 1 radical (unpaired) electrons. The number of hydrogen-bond acceptors (Lipinski definition) is 0. The van der Waals surface area contributed by atoms with E-state index in [0.717, 1.165) is 0 Å². The maximum atomic E-state index is 14.5. The third-order valence-electron chi connectivity index (χ3n) is 4.67. The maximum Gasteiger partial charge on any atom is 0.419 e. The van der Waals surface area contributed by atoms with Gasteiger partial charge < -0.3 is 0 Å². The van der Waals surface area contributed by atoms with Gasteiger partial charge in [-0.05, 0) is 0 Å². The summed E-state index contributed by atoms with van der Waals surface area (Å²) in [4.78, 5) is 0. The molecule has 0 fully saturated rings. The second-order valence-corrected chi connectivity index (χ2v) is 7.07. The highest BCUT2D eigenvalue weighted by Gasteiger charge is 2.56. The largest absolute Gasteiger partial charge is 0.419 e. The predicted octanol–water partition coefficient (Wildman–Crippen LogP) is 9.64. The Kier molecular flexibility index (Phi) is 8.20. The molecule has 0 aliphatic heterocycles. The molecule has 0 atom stereocenters. The minimum atomic E-state index is -7.09. The van der Waals surface area contributed by atoms with Crippen molar-refractivity contribution in [3.8, 4) is 0 Å². The van der Waals surface area contributed by atoms with E-state index in [-0.39, 0.29) is 0 Å². The van der Waals surface area contributed by atoms with Gasteiger partial charge in [0.2, 0.25) is 0 Å². The van der Waals surface area contributed by atoms with Crippen LogP contribution in [0.3, 0.4) is 0 Å². The molecule has 2 aromatic rings. The highest BCUT2D eigenvalue weighted by atomic mass is 19.4. The van der Waals surface area contributed by atoms with Gasteiger partial charge in [-0.25, -0.2) is 30.7 Å². The zero-order chi connectivity index (χ0) is 31.7. The van der Waals surface area contributed by atoms with Gasteiger partial charge in [0.1, 0.15) is 17.0 Å². The second-order valence-electron chi connectivity index (χ2n) is 7.07. The molecule has 21 heteroatoms. The molecule has 0 nitrogen and oxygen atoms in total. The fourth-order valence-electron chi connectivity index (χ4n) is 3.33. The lowest BCUT2D eigenvalue weighted by molar-refractivity contribution is -0.165. The van der Waals surface area contributed by atoms with E-state index in [1.807, 2.05) is 0 Å². The lowest BCUT2D eigenvalue weighted by atomic mass is 9.80. The first-order valence-corrected chi connectivity index (χ1v) is 8.97. The monoisotopic (exact) mass is 627 g/mol. The predicted molar refractivity (Wildman–Crippen MR) is 84.4 cm³/mol. The van der Waals surface area contributed by atoms with E-state index < -0.39 is 111 Å². The standard InChI is InChI=1S/C19F21/c20-8-2(4(16(29,30)31)6(18(35,36)37)11(23)13(8)25)1(10(22)15(27)28)3-5(17(32,33)34)7(19(38,39)40)12(24)14(26)9(3)21. The van der Waals surface area contributed by atoms with E-state index in [1.54, 1.807) is 0 Å². The molecule has 0 N–H and O–H groups in total. The zero-order valence-electron chi connectivity index (χ0n) is 17.4. The van der Waals surface area contributed by atoms with Crippen molar-refractivity contribution in [3.63, 3.8) is 0 Å². The Morgan fingerprint density at radius 1 is 0.350 bits per heavy atom. The summed E-state index contributed by atoms with van der Waals surface area (Å²) >= 11 is 0. The van der Waals surface area contributed by atoms with Crippen molar-refractivity contribution >= 4 is 0 Å². The van der Waals surface area contributed by atoms with Gasteiger partial charge in [-0.3, -0.25) is 0 Å². The van der Waals surface area contributed by atoms with Crippen LogP contribution in [0, 0.1) is 40.8 Å². The van der Waals surface area contributed by atoms with Gasteiger partial charge in [0.25, 0.3) is 0 Å². The third kappa shape index (κ3) is 5.50. The van der Waals surface area contributed by atoms with Crippen LogP contribution in [0.4, 0.5) is 92.2 Å². The van der Waals surface area contributed by atoms with Crippen molar-refractivity contribution in [2.45, 2.75) is 24.7 Å². The van der Waals surface area contributed by atoms with Gasteiger partial charge in [-0.2, -0.15) is 61.5 Å². The topological polar surface area (TPSA) is 0 Å². The summed E-state index contributed by atoms with van der Waals surface area (Å²) in [6.45, 7) is 0. The first kappa shape index (κ1) is 32.9. The summed E-state index contributed by atoms with van der Waals surface area (Å²) in [5.74, 6) is -31.5. The molecule has 2 rings (SSSR count). The number of halogens is 21. The van der Waals surface area contributed by atoms with Gasteiger partial charge in [0.15, 0.2) is 40.7 Å². The number of rotatable bonds is 3. The van der Waals surface area contributed by atoms with Crippen molar-refractivity contribution in [2.24, 2.45) is 0 Å². The van der Waals surface area contributed by atoms with Crippen molar-refractivity contribution < 1.29 is 92.2 Å². The molecule has 0 aromatic heterocycles.